The highest BCUT2D eigenvalue weighted by Gasteiger charge is 2.20. The number of amides is 1. The zero-order valence-electron chi connectivity index (χ0n) is 16.1. The van der Waals surface area contributed by atoms with Crippen molar-refractivity contribution in [2.45, 2.75) is 20.8 Å². The standard InChI is InChI=1S/C18H17FN4O6S/c1-4-29-17(28)14-8(2)20-18(30-14)21-15(25)13(9(3)24)23-22-12-7-10(19)5-6-11(12)16(26)27/h5-7,24H,4H2,1-3H3,(H,26,27)(H,20,21,25). The van der Waals surface area contributed by atoms with Crippen molar-refractivity contribution >= 4 is 40.0 Å². The molecule has 12 heteroatoms. The molecule has 0 atom stereocenters. The van der Waals surface area contributed by atoms with E-state index in [0.717, 1.165) is 36.5 Å². The van der Waals surface area contributed by atoms with Crippen LogP contribution in [0.15, 0.2) is 39.9 Å². The molecule has 1 heterocycles. The number of anilines is 1. The number of aliphatic hydroxyl groups excluding tert-OH is 1. The minimum atomic E-state index is -1.37. The lowest BCUT2D eigenvalue weighted by atomic mass is 10.2. The van der Waals surface area contributed by atoms with E-state index in [4.69, 9.17) is 9.84 Å². The number of halogens is 1. The summed E-state index contributed by atoms with van der Waals surface area (Å²) in [6.45, 7) is 4.54. The molecule has 2 aromatic rings. The second-order valence-electron chi connectivity index (χ2n) is 5.71. The molecule has 0 saturated heterocycles. The van der Waals surface area contributed by atoms with E-state index in [-0.39, 0.29) is 27.9 Å². The number of esters is 1. The number of nitrogens with one attached hydrogen (secondary N) is 1. The summed E-state index contributed by atoms with van der Waals surface area (Å²) in [5.41, 5.74) is -0.900. The van der Waals surface area contributed by atoms with Crippen molar-refractivity contribution in [3.05, 3.63) is 51.6 Å². The molecule has 2 rings (SSSR count). The molecular weight excluding hydrogens is 419 g/mol. The normalized spacial score (nSPS) is 11.9. The number of nitrogens with zero attached hydrogens (tertiary/aromatic N) is 3. The lowest BCUT2D eigenvalue weighted by Crippen LogP contribution is -2.14. The van der Waals surface area contributed by atoms with Gasteiger partial charge in [0.2, 0.25) is 0 Å². The smallest absolute Gasteiger partial charge is 0.350 e. The molecule has 1 amide bonds. The van der Waals surface area contributed by atoms with Gasteiger partial charge in [0.1, 0.15) is 22.1 Å². The van der Waals surface area contributed by atoms with Crippen molar-refractivity contribution in [2.24, 2.45) is 10.2 Å². The summed E-state index contributed by atoms with van der Waals surface area (Å²) in [5, 5.41) is 28.5. The Hall–Kier alpha value is -3.67. The van der Waals surface area contributed by atoms with Gasteiger partial charge in [0.05, 0.1) is 17.9 Å². The first-order chi connectivity index (χ1) is 14.1. The summed E-state index contributed by atoms with van der Waals surface area (Å²) >= 11 is 0.866. The van der Waals surface area contributed by atoms with Crippen molar-refractivity contribution in [3.8, 4) is 0 Å². The number of aromatic carboxylic acids is 1. The van der Waals surface area contributed by atoms with Gasteiger partial charge in [0.25, 0.3) is 5.91 Å². The fourth-order valence-corrected chi connectivity index (χ4v) is 3.00. The van der Waals surface area contributed by atoms with Crippen LogP contribution in [0.5, 0.6) is 0 Å². The number of allylic oxidation sites excluding steroid dienone is 1. The van der Waals surface area contributed by atoms with Crippen molar-refractivity contribution in [2.75, 3.05) is 11.9 Å². The Morgan fingerprint density at radius 1 is 1.30 bits per heavy atom. The zero-order chi connectivity index (χ0) is 22.4. The van der Waals surface area contributed by atoms with Crippen LogP contribution in [-0.2, 0) is 9.53 Å². The highest BCUT2D eigenvalue weighted by Crippen LogP contribution is 2.25. The number of hydrogen-bond donors (Lipinski definition) is 3. The van der Waals surface area contributed by atoms with Crippen LogP contribution in [0, 0.1) is 12.7 Å². The summed E-state index contributed by atoms with van der Waals surface area (Å²) in [5.74, 6) is -4.16. The van der Waals surface area contributed by atoms with Crippen molar-refractivity contribution in [1.29, 1.82) is 0 Å². The number of carboxylic acids is 1. The van der Waals surface area contributed by atoms with Crippen molar-refractivity contribution in [3.63, 3.8) is 0 Å². The third-order valence-electron chi connectivity index (χ3n) is 3.48. The van der Waals surface area contributed by atoms with Crippen LogP contribution in [-0.4, -0.2) is 39.6 Å². The SMILES string of the molecule is CCOC(=O)c1sc(NC(=O)C(N=Nc2cc(F)ccc2C(=O)O)=C(C)O)nc1C. The van der Waals surface area contributed by atoms with E-state index in [2.05, 4.69) is 20.5 Å². The highest BCUT2D eigenvalue weighted by molar-refractivity contribution is 7.17. The Balaban J connectivity index is 2.28. The highest BCUT2D eigenvalue weighted by atomic mass is 32.1. The minimum Gasteiger partial charge on any atom is -0.510 e. The number of aliphatic hydroxyl groups is 1. The topological polar surface area (TPSA) is 151 Å². The quantitative estimate of drug-likeness (QED) is 0.257. The summed E-state index contributed by atoms with van der Waals surface area (Å²) in [4.78, 5) is 39.8. The average molecular weight is 436 g/mol. The molecule has 0 saturated carbocycles. The Morgan fingerprint density at radius 2 is 2.00 bits per heavy atom. The van der Waals surface area contributed by atoms with Gasteiger partial charge in [-0.3, -0.25) is 10.1 Å². The number of aryl methyl sites for hydroxylation is 1. The third-order valence-corrected chi connectivity index (χ3v) is 4.54. The molecule has 10 nitrogen and oxygen atoms in total. The predicted octanol–water partition coefficient (Wildman–Crippen LogP) is 3.98. The number of azo groups is 1. The molecule has 0 spiro atoms. The van der Waals surface area contributed by atoms with E-state index < -0.39 is 35.1 Å². The largest absolute Gasteiger partial charge is 0.510 e. The Labute approximate surface area is 173 Å². The second-order valence-corrected chi connectivity index (χ2v) is 6.71. The van der Waals surface area contributed by atoms with E-state index in [1.807, 2.05) is 0 Å². The number of thiazole rings is 1. The monoisotopic (exact) mass is 436 g/mol. The summed E-state index contributed by atoms with van der Waals surface area (Å²) in [6.07, 6.45) is 0. The first-order valence-corrected chi connectivity index (χ1v) is 9.26. The molecule has 1 aromatic carbocycles. The van der Waals surface area contributed by atoms with Crippen LogP contribution >= 0.6 is 11.3 Å². The molecule has 30 heavy (non-hydrogen) atoms. The molecule has 0 bridgehead atoms. The van der Waals surface area contributed by atoms with Gasteiger partial charge in [0.15, 0.2) is 10.8 Å². The molecule has 0 aliphatic rings. The Morgan fingerprint density at radius 3 is 2.60 bits per heavy atom. The molecule has 0 aliphatic heterocycles. The van der Waals surface area contributed by atoms with E-state index in [9.17, 15) is 23.9 Å². The lowest BCUT2D eigenvalue weighted by molar-refractivity contribution is -0.113. The van der Waals surface area contributed by atoms with E-state index in [1.54, 1.807) is 13.8 Å². The number of carbonyl (C=O) groups is 3. The van der Waals surface area contributed by atoms with E-state index in [1.165, 1.54) is 0 Å². The summed E-state index contributed by atoms with van der Waals surface area (Å²) < 4.78 is 18.3. The number of benzene rings is 1. The molecule has 158 valence electrons. The van der Waals surface area contributed by atoms with Crippen LogP contribution in [0.4, 0.5) is 15.2 Å². The van der Waals surface area contributed by atoms with Crippen molar-refractivity contribution in [1.82, 2.24) is 4.98 Å². The van der Waals surface area contributed by atoms with Crippen LogP contribution in [0.1, 0.15) is 39.6 Å². The zero-order valence-corrected chi connectivity index (χ0v) is 16.9. The van der Waals surface area contributed by atoms with Gasteiger partial charge in [-0.1, -0.05) is 11.3 Å². The Bertz CT molecular complexity index is 1060. The first-order valence-electron chi connectivity index (χ1n) is 8.44. The van der Waals surface area contributed by atoms with Crippen LogP contribution in [0.3, 0.4) is 0 Å². The third kappa shape index (κ3) is 5.44. The fourth-order valence-electron chi connectivity index (χ4n) is 2.15. The molecule has 1 aromatic heterocycles. The van der Waals surface area contributed by atoms with Gasteiger partial charge in [-0.25, -0.2) is 19.0 Å². The number of ether oxygens (including phenoxy) is 1. The van der Waals surface area contributed by atoms with Gasteiger partial charge >= 0.3 is 11.9 Å². The maximum Gasteiger partial charge on any atom is 0.350 e. The molecule has 0 unspecified atom stereocenters. The molecule has 0 aliphatic carbocycles. The van der Waals surface area contributed by atoms with Gasteiger partial charge < -0.3 is 14.9 Å². The number of aromatic nitrogens is 1. The van der Waals surface area contributed by atoms with Crippen LogP contribution in [0.2, 0.25) is 0 Å². The maximum absolute atomic E-state index is 13.4. The van der Waals surface area contributed by atoms with Crippen LogP contribution < -0.4 is 5.32 Å². The maximum atomic E-state index is 13.4. The molecule has 3 N–H and O–H groups in total. The summed E-state index contributed by atoms with van der Waals surface area (Å²) in [7, 11) is 0. The number of rotatable bonds is 7. The van der Waals surface area contributed by atoms with Gasteiger partial charge in [-0.2, -0.15) is 0 Å². The minimum absolute atomic E-state index is 0.0477. The number of carbonyl (C=O) groups excluding carboxylic acids is 2. The fraction of sp³-hybridized carbons (Fsp3) is 0.222. The van der Waals surface area contributed by atoms with Gasteiger partial charge in [-0.15, -0.1) is 10.2 Å². The average Bonchev–Trinajstić information content (AvgIpc) is 3.01. The number of hydrogen-bond acceptors (Lipinski definition) is 9. The van der Waals surface area contributed by atoms with E-state index >= 15 is 0 Å². The lowest BCUT2D eigenvalue weighted by Gasteiger charge is -2.04. The molecule has 0 radical (unpaired) electrons. The van der Waals surface area contributed by atoms with Gasteiger partial charge in [0, 0.05) is 6.07 Å². The molecule has 0 fully saturated rings. The Kier molecular flexibility index (Phi) is 7.31. The second kappa shape index (κ2) is 9.69. The van der Waals surface area contributed by atoms with Crippen molar-refractivity contribution < 1.29 is 33.7 Å². The van der Waals surface area contributed by atoms with Crippen LogP contribution in [0.25, 0.3) is 0 Å². The number of carboxylic acid groups (broad SMARTS) is 1. The summed E-state index contributed by atoms with van der Waals surface area (Å²) in [6, 6.07) is 2.76. The molecular formula is C18H17FN4O6S. The predicted molar refractivity (Wildman–Crippen MR) is 105 cm³/mol. The first kappa shape index (κ1) is 22.6. The van der Waals surface area contributed by atoms with E-state index in [0.29, 0.717) is 5.69 Å². The van der Waals surface area contributed by atoms with Gasteiger partial charge in [-0.05, 0) is 32.9 Å².